The average Bonchev–Trinajstić information content (AvgIpc) is 1.99. The van der Waals surface area contributed by atoms with Gasteiger partial charge in [-0.05, 0) is 26.9 Å². The van der Waals surface area contributed by atoms with Crippen molar-refractivity contribution in [3.8, 4) is 0 Å². The van der Waals surface area contributed by atoms with Gasteiger partial charge < -0.3 is 16.0 Å². The Labute approximate surface area is 67.7 Å². The monoisotopic (exact) mass is 159 g/mol. The van der Waals surface area contributed by atoms with Crippen molar-refractivity contribution in [2.45, 2.75) is 13.3 Å². The van der Waals surface area contributed by atoms with Crippen LogP contribution >= 0.6 is 0 Å². The third kappa shape index (κ3) is 7.12. The lowest BCUT2D eigenvalue weighted by atomic mass is 10.4. The largest absolute Gasteiger partial charge is 0.338 e. The van der Waals surface area contributed by atoms with Crippen LogP contribution in [0.15, 0.2) is 0 Å². The maximum absolute atomic E-state index is 10.8. The molecule has 0 heterocycles. The third-order valence-corrected chi connectivity index (χ3v) is 1.23. The first-order chi connectivity index (χ1) is 5.31. The van der Waals surface area contributed by atoms with E-state index in [9.17, 15) is 4.79 Å². The zero-order valence-electron chi connectivity index (χ0n) is 7.24. The Bertz CT molecular complexity index is 106. The molecule has 0 saturated heterocycles. The van der Waals surface area contributed by atoms with Crippen LogP contribution in [0.2, 0.25) is 0 Å². The van der Waals surface area contributed by atoms with Crippen molar-refractivity contribution in [1.29, 1.82) is 0 Å². The number of urea groups is 1. The lowest BCUT2D eigenvalue weighted by Crippen LogP contribution is -2.36. The number of carbonyl (C=O) groups is 1. The summed E-state index contributed by atoms with van der Waals surface area (Å²) in [5, 5.41) is 8.38. The highest BCUT2D eigenvalue weighted by molar-refractivity contribution is 5.73. The van der Waals surface area contributed by atoms with Crippen LogP contribution in [0, 0.1) is 0 Å². The summed E-state index contributed by atoms with van der Waals surface area (Å²) in [6, 6.07) is -0.0800. The number of amides is 2. The van der Waals surface area contributed by atoms with E-state index in [-0.39, 0.29) is 6.03 Å². The lowest BCUT2D eigenvalue weighted by molar-refractivity contribution is 0.241. The van der Waals surface area contributed by atoms with E-state index < -0.39 is 0 Å². The molecule has 4 nitrogen and oxygen atoms in total. The first kappa shape index (κ1) is 10.2. The quantitative estimate of drug-likeness (QED) is 0.491. The maximum Gasteiger partial charge on any atom is 0.314 e. The summed E-state index contributed by atoms with van der Waals surface area (Å²) < 4.78 is 0. The summed E-state index contributed by atoms with van der Waals surface area (Å²) in [6.45, 7) is 4.24. The van der Waals surface area contributed by atoms with Gasteiger partial charge in [0.2, 0.25) is 0 Å². The Morgan fingerprint density at radius 1 is 1.27 bits per heavy atom. The van der Waals surface area contributed by atoms with E-state index in [0.29, 0.717) is 6.54 Å². The number of nitrogens with one attached hydrogen (secondary N) is 3. The zero-order chi connectivity index (χ0) is 8.53. The van der Waals surface area contributed by atoms with Crippen LogP contribution in [0.3, 0.4) is 0 Å². The van der Waals surface area contributed by atoms with Crippen LogP contribution in [-0.4, -0.2) is 32.7 Å². The molecule has 0 fully saturated rings. The van der Waals surface area contributed by atoms with Crippen LogP contribution in [0.25, 0.3) is 0 Å². The molecular formula is C7H17N3O. The lowest BCUT2D eigenvalue weighted by Gasteiger charge is -2.04. The molecule has 0 aliphatic carbocycles. The molecule has 0 aromatic heterocycles. The minimum absolute atomic E-state index is 0.0800. The highest BCUT2D eigenvalue weighted by Gasteiger charge is 1.93. The second-order valence-electron chi connectivity index (χ2n) is 2.24. The van der Waals surface area contributed by atoms with Crippen molar-refractivity contribution in [1.82, 2.24) is 16.0 Å². The molecular weight excluding hydrogens is 142 g/mol. The molecule has 2 amide bonds. The topological polar surface area (TPSA) is 53.2 Å². The van der Waals surface area contributed by atoms with E-state index in [0.717, 1.165) is 19.5 Å². The van der Waals surface area contributed by atoms with Crippen LogP contribution < -0.4 is 16.0 Å². The van der Waals surface area contributed by atoms with E-state index in [2.05, 4.69) is 16.0 Å². The summed E-state index contributed by atoms with van der Waals surface area (Å²) in [7, 11) is 1.89. The maximum atomic E-state index is 10.8. The molecule has 66 valence electrons. The standard InChI is InChI=1S/C7H17N3O/c1-3-9-7(11)10-6-4-5-8-2/h8H,3-6H2,1-2H3,(H2,9,10,11). The first-order valence-corrected chi connectivity index (χ1v) is 3.97. The smallest absolute Gasteiger partial charge is 0.314 e. The van der Waals surface area contributed by atoms with Crippen molar-refractivity contribution in [3.05, 3.63) is 0 Å². The molecule has 0 radical (unpaired) electrons. The van der Waals surface area contributed by atoms with Gasteiger partial charge in [0.15, 0.2) is 0 Å². The zero-order valence-corrected chi connectivity index (χ0v) is 7.24. The van der Waals surface area contributed by atoms with Gasteiger partial charge in [-0.3, -0.25) is 0 Å². The molecule has 0 saturated carbocycles. The minimum Gasteiger partial charge on any atom is -0.338 e. The molecule has 0 rings (SSSR count). The van der Waals surface area contributed by atoms with Gasteiger partial charge in [0.1, 0.15) is 0 Å². The van der Waals surface area contributed by atoms with Gasteiger partial charge in [-0.1, -0.05) is 0 Å². The Hall–Kier alpha value is -0.770. The molecule has 0 aliphatic heterocycles. The summed E-state index contributed by atoms with van der Waals surface area (Å²) in [6.07, 6.45) is 0.966. The van der Waals surface area contributed by atoms with E-state index in [1.54, 1.807) is 0 Å². The second-order valence-corrected chi connectivity index (χ2v) is 2.24. The molecule has 4 heteroatoms. The van der Waals surface area contributed by atoms with Crippen LogP contribution in [0.1, 0.15) is 13.3 Å². The van der Waals surface area contributed by atoms with E-state index in [1.165, 1.54) is 0 Å². The third-order valence-electron chi connectivity index (χ3n) is 1.23. The summed E-state index contributed by atoms with van der Waals surface area (Å²) >= 11 is 0. The van der Waals surface area contributed by atoms with Gasteiger partial charge in [-0.25, -0.2) is 4.79 Å². The summed E-state index contributed by atoms with van der Waals surface area (Å²) in [4.78, 5) is 10.8. The fourth-order valence-corrected chi connectivity index (χ4v) is 0.690. The van der Waals surface area contributed by atoms with Gasteiger partial charge in [-0.15, -0.1) is 0 Å². The van der Waals surface area contributed by atoms with Crippen molar-refractivity contribution in [3.63, 3.8) is 0 Å². The normalized spacial score (nSPS) is 9.27. The second kappa shape index (κ2) is 7.34. The SMILES string of the molecule is CCNC(=O)NCCCNC. The predicted molar refractivity (Wildman–Crippen MR) is 45.6 cm³/mol. The number of carbonyl (C=O) groups excluding carboxylic acids is 1. The van der Waals surface area contributed by atoms with Gasteiger partial charge in [0.05, 0.1) is 0 Å². The molecule has 0 bridgehead atoms. The Kier molecular flexibility index (Phi) is 6.82. The summed E-state index contributed by atoms with van der Waals surface area (Å²) in [5.41, 5.74) is 0. The summed E-state index contributed by atoms with van der Waals surface area (Å²) in [5.74, 6) is 0. The van der Waals surface area contributed by atoms with Crippen molar-refractivity contribution in [2.75, 3.05) is 26.7 Å². The average molecular weight is 159 g/mol. The minimum atomic E-state index is -0.0800. The molecule has 0 aromatic rings. The molecule has 0 spiro atoms. The van der Waals surface area contributed by atoms with Crippen molar-refractivity contribution >= 4 is 6.03 Å². The van der Waals surface area contributed by atoms with Crippen LogP contribution in [0.5, 0.6) is 0 Å². The number of hydrogen-bond donors (Lipinski definition) is 3. The van der Waals surface area contributed by atoms with Gasteiger partial charge >= 0.3 is 6.03 Å². The number of rotatable bonds is 5. The Morgan fingerprint density at radius 3 is 2.55 bits per heavy atom. The van der Waals surface area contributed by atoms with E-state index in [4.69, 9.17) is 0 Å². The van der Waals surface area contributed by atoms with Crippen LogP contribution in [0.4, 0.5) is 4.79 Å². The Morgan fingerprint density at radius 2 is 2.00 bits per heavy atom. The highest BCUT2D eigenvalue weighted by atomic mass is 16.2. The molecule has 0 unspecified atom stereocenters. The van der Waals surface area contributed by atoms with Crippen LogP contribution in [-0.2, 0) is 0 Å². The van der Waals surface area contributed by atoms with Crippen molar-refractivity contribution in [2.24, 2.45) is 0 Å². The Balaban J connectivity index is 3.04. The van der Waals surface area contributed by atoms with E-state index in [1.807, 2.05) is 14.0 Å². The number of hydrogen-bond acceptors (Lipinski definition) is 2. The highest BCUT2D eigenvalue weighted by Crippen LogP contribution is 1.71. The van der Waals surface area contributed by atoms with Gasteiger partial charge in [0.25, 0.3) is 0 Å². The fraction of sp³-hybridized carbons (Fsp3) is 0.857. The predicted octanol–water partition coefficient (Wildman–Crippen LogP) is -0.0850. The molecule has 11 heavy (non-hydrogen) atoms. The van der Waals surface area contributed by atoms with E-state index >= 15 is 0 Å². The first-order valence-electron chi connectivity index (χ1n) is 3.97. The van der Waals surface area contributed by atoms with Crippen molar-refractivity contribution < 1.29 is 4.79 Å². The molecule has 0 aromatic carbocycles. The molecule has 3 N–H and O–H groups in total. The fourth-order valence-electron chi connectivity index (χ4n) is 0.690. The molecule has 0 aliphatic rings. The van der Waals surface area contributed by atoms with Gasteiger partial charge in [-0.2, -0.15) is 0 Å². The van der Waals surface area contributed by atoms with Gasteiger partial charge in [0, 0.05) is 13.1 Å². The molecule has 0 atom stereocenters.